The Hall–Kier alpha value is -2.04. The van der Waals surface area contributed by atoms with Crippen molar-refractivity contribution < 1.29 is 9.59 Å². The average molecular weight is 393 g/mol. The second-order valence-electron chi connectivity index (χ2n) is 6.00. The van der Waals surface area contributed by atoms with Gasteiger partial charge in [0, 0.05) is 35.6 Å². The van der Waals surface area contributed by atoms with Crippen LogP contribution in [-0.2, 0) is 22.6 Å². The molecule has 0 aromatic heterocycles. The lowest BCUT2D eigenvalue weighted by molar-refractivity contribution is -0.140. The van der Waals surface area contributed by atoms with E-state index in [1.807, 2.05) is 30.3 Å². The van der Waals surface area contributed by atoms with Gasteiger partial charge < -0.3 is 10.2 Å². The zero-order chi connectivity index (χ0) is 19.1. The molecule has 2 aromatic rings. The zero-order valence-corrected chi connectivity index (χ0v) is 16.3. The van der Waals surface area contributed by atoms with Crippen molar-refractivity contribution in [1.82, 2.24) is 10.2 Å². The van der Waals surface area contributed by atoms with Crippen molar-refractivity contribution in [1.29, 1.82) is 0 Å². The van der Waals surface area contributed by atoms with E-state index in [2.05, 4.69) is 5.32 Å². The van der Waals surface area contributed by atoms with E-state index in [4.69, 9.17) is 23.2 Å². The second kappa shape index (κ2) is 9.60. The Labute approximate surface area is 164 Å². The molecule has 26 heavy (non-hydrogen) atoms. The fourth-order valence-corrected chi connectivity index (χ4v) is 3.20. The fraction of sp³-hybridized carbons (Fsp3) is 0.300. The summed E-state index contributed by atoms with van der Waals surface area (Å²) in [5.74, 6) is -0.359. The van der Waals surface area contributed by atoms with E-state index in [1.54, 1.807) is 32.2 Å². The summed E-state index contributed by atoms with van der Waals surface area (Å²) in [4.78, 5) is 26.5. The molecule has 0 saturated carbocycles. The van der Waals surface area contributed by atoms with Gasteiger partial charge in [0.05, 0.1) is 0 Å². The average Bonchev–Trinajstić information content (AvgIpc) is 2.65. The van der Waals surface area contributed by atoms with Crippen molar-refractivity contribution in [2.24, 2.45) is 0 Å². The van der Waals surface area contributed by atoms with Crippen LogP contribution in [0.25, 0.3) is 0 Å². The Balaban J connectivity index is 2.20. The number of hydrogen-bond donors (Lipinski definition) is 1. The number of aryl methyl sites for hydroxylation is 1. The molecule has 2 amide bonds. The highest BCUT2D eigenvalue weighted by Crippen LogP contribution is 2.26. The summed E-state index contributed by atoms with van der Waals surface area (Å²) in [7, 11) is 1.55. The van der Waals surface area contributed by atoms with Gasteiger partial charge in [-0.1, -0.05) is 59.6 Å². The minimum atomic E-state index is -0.629. The Kier molecular flexibility index (Phi) is 7.49. The molecule has 0 aliphatic heterocycles. The van der Waals surface area contributed by atoms with Crippen LogP contribution in [0.4, 0.5) is 0 Å². The Morgan fingerprint density at radius 1 is 1.04 bits per heavy atom. The molecule has 138 valence electrons. The number of likely N-dealkylation sites (N-methyl/N-ethyl adjacent to an activating group) is 1. The van der Waals surface area contributed by atoms with Gasteiger partial charge in [0.25, 0.3) is 0 Å². The summed E-state index contributed by atoms with van der Waals surface area (Å²) in [6, 6.07) is 14.3. The fourth-order valence-electron chi connectivity index (χ4n) is 2.68. The van der Waals surface area contributed by atoms with Crippen LogP contribution in [0.2, 0.25) is 10.0 Å². The van der Waals surface area contributed by atoms with E-state index in [1.165, 1.54) is 4.90 Å². The van der Waals surface area contributed by atoms with Gasteiger partial charge in [-0.25, -0.2) is 0 Å². The smallest absolute Gasteiger partial charge is 0.242 e. The third-order valence-corrected chi connectivity index (χ3v) is 4.98. The molecule has 6 heteroatoms. The monoisotopic (exact) mass is 392 g/mol. The molecule has 2 aromatic carbocycles. The summed E-state index contributed by atoms with van der Waals surface area (Å²) in [5.41, 5.74) is 1.71. The van der Waals surface area contributed by atoms with Gasteiger partial charge in [0.2, 0.25) is 11.8 Å². The van der Waals surface area contributed by atoms with Gasteiger partial charge in [-0.2, -0.15) is 0 Å². The third-order valence-electron chi connectivity index (χ3n) is 4.27. The summed E-state index contributed by atoms with van der Waals surface area (Å²) in [6.07, 6.45) is 0.903. The first-order valence-electron chi connectivity index (χ1n) is 8.42. The number of halogens is 2. The first kappa shape index (κ1) is 20.3. The largest absolute Gasteiger partial charge is 0.357 e. The summed E-state index contributed by atoms with van der Waals surface area (Å²) in [6.45, 7) is 1.88. The van der Waals surface area contributed by atoms with Crippen LogP contribution in [0.15, 0.2) is 48.5 Å². The van der Waals surface area contributed by atoms with Crippen molar-refractivity contribution >= 4 is 35.0 Å². The quantitative estimate of drug-likeness (QED) is 0.771. The second-order valence-corrected chi connectivity index (χ2v) is 6.81. The molecule has 4 nitrogen and oxygen atoms in total. The summed E-state index contributed by atoms with van der Waals surface area (Å²) in [5, 5.41) is 3.54. The molecule has 0 aliphatic rings. The first-order chi connectivity index (χ1) is 12.4. The van der Waals surface area contributed by atoms with E-state index in [9.17, 15) is 9.59 Å². The number of nitrogens with one attached hydrogen (secondary N) is 1. The highest BCUT2D eigenvalue weighted by molar-refractivity contribution is 6.36. The molecular weight excluding hydrogens is 371 g/mol. The van der Waals surface area contributed by atoms with Gasteiger partial charge in [-0.3, -0.25) is 9.59 Å². The van der Waals surface area contributed by atoms with Crippen LogP contribution in [0.1, 0.15) is 24.5 Å². The maximum atomic E-state index is 12.9. The van der Waals surface area contributed by atoms with E-state index in [0.29, 0.717) is 28.5 Å². The number of carbonyl (C=O) groups excluding carboxylic acids is 2. The molecule has 1 N–H and O–H groups in total. The van der Waals surface area contributed by atoms with E-state index in [0.717, 1.165) is 5.56 Å². The lowest BCUT2D eigenvalue weighted by Crippen LogP contribution is -2.46. The maximum Gasteiger partial charge on any atom is 0.242 e. The number of rotatable bonds is 7. The zero-order valence-electron chi connectivity index (χ0n) is 14.8. The van der Waals surface area contributed by atoms with Crippen LogP contribution in [0, 0.1) is 0 Å². The van der Waals surface area contributed by atoms with E-state index < -0.39 is 6.04 Å². The van der Waals surface area contributed by atoms with Crippen molar-refractivity contribution in [3.8, 4) is 0 Å². The third kappa shape index (κ3) is 5.23. The molecule has 0 radical (unpaired) electrons. The molecule has 0 saturated heterocycles. The number of amides is 2. The van der Waals surface area contributed by atoms with Crippen LogP contribution >= 0.6 is 23.2 Å². The van der Waals surface area contributed by atoms with Gasteiger partial charge >= 0.3 is 0 Å². The lowest BCUT2D eigenvalue weighted by atomic mass is 10.1. The van der Waals surface area contributed by atoms with Gasteiger partial charge in [-0.05, 0) is 31.0 Å². The van der Waals surface area contributed by atoms with Gasteiger partial charge in [-0.15, -0.1) is 0 Å². The Bertz CT molecular complexity index is 745. The normalized spacial score (nSPS) is 11.7. The molecule has 0 heterocycles. The predicted octanol–water partition coefficient (Wildman–Crippen LogP) is 4.09. The molecule has 0 aliphatic carbocycles. The molecular formula is C20H22Cl2N2O2. The van der Waals surface area contributed by atoms with Gasteiger partial charge in [0.15, 0.2) is 0 Å². The lowest BCUT2D eigenvalue weighted by Gasteiger charge is -2.29. The molecule has 1 atom stereocenters. The van der Waals surface area contributed by atoms with Crippen LogP contribution in [0.3, 0.4) is 0 Å². The van der Waals surface area contributed by atoms with Crippen molar-refractivity contribution in [3.05, 3.63) is 69.7 Å². The molecule has 0 unspecified atom stereocenters. The molecule has 0 fully saturated rings. The Morgan fingerprint density at radius 3 is 2.23 bits per heavy atom. The number of carbonyl (C=O) groups is 2. The van der Waals surface area contributed by atoms with Crippen molar-refractivity contribution in [2.75, 3.05) is 7.05 Å². The first-order valence-corrected chi connectivity index (χ1v) is 9.17. The SMILES string of the molecule is CNC(=O)[C@H](C)N(Cc1c(Cl)cccc1Cl)C(=O)CCc1ccccc1. The topological polar surface area (TPSA) is 49.4 Å². The maximum absolute atomic E-state index is 12.9. The summed E-state index contributed by atoms with van der Waals surface area (Å²) >= 11 is 12.5. The van der Waals surface area contributed by atoms with Crippen molar-refractivity contribution in [3.63, 3.8) is 0 Å². The summed E-state index contributed by atoms with van der Waals surface area (Å²) < 4.78 is 0. The minimum Gasteiger partial charge on any atom is -0.357 e. The van der Waals surface area contributed by atoms with E-state index >= 15 is 0 Å². The van der Waals surface area contributed by atoms with Crippen LogP contribution in [-0.4, -0.2) is 29.8 Å². The van der Waals surface area contributed by atoms with Crippen LogP contribution < -0.4 is 5.32 Å². The standard InChI is InChI=1S/C20H22Cl2N2O2/c1-14(20(26)23-2)24(13-16-17(21)9-6-10-18(16)22)19(25)12-11-15-7-4-3-5-8-15/h3-10,14H,11-13H2,1-2H3,(H,23,26)/t14-/m0/s1. The van der Waals surface area contributed by atoms with E-state index in [-0.39, 0.29) is 18.4 Å². The van der Waals surface area contributed by atoms with Crippen molar-refractivity contribution in [2.45, 2.75) is 32.4 Å². The number of benzene rings is 2. The molecule has 0 bridgehead atoms. The Morgan fingerprint density at radius 2 is 1.65 bits per heavy atom. The minimum absolute atomic E-state index is 0.124. The number of hydrogen-bond acceptors (Lipinski definition) is 2. The van der Waals surface area contributed by atoms with Crippen LogP contribution in [0.5, 0.6) is 0 Å². The highest BCUT2D eigenvalue weighted by Gasteiger charge is 2.26. The number of nitrogens with zero attached hydrogens (tertiary/aromatic N) is 1. The molecule has 2 rings (SSSR count). The predicted molar refractivity (Wildman–Crippen MR) is 105 cm³/mol. The molecule has 0 spiro atoms. The highest BCUT2D eigenvalue weighted by atomic mass is 35.5. The van der Waals surface area contributed by atoms with Gasteiger partial charge in [0.1, 0.15) is 6.04 Å².